The molecule has 1 aromatic heterocycles. The maximum Gasteiger partial charge on any atom is 0.243 e. The van der Waals surface area contributed by atoms with Gasteiger partial charge in [0.1, 0.15) is 4.90 Å². The zero-order valence-corrected chi connectivity index (χ0v) is 17.2. The minimum Gasteiger partial charge on any atom is -0.546 e. The first-order valence-electron chi connectivity index (χ1n) is 7.09. The van der Waals surface area contributed by atoms with Crippen LogP contribution >= 0.6 is 38.7 Å². The molecule has 27 heavy (non-hydrogen) atoms. The second-order valence-electron chi connectivity index (χ2n) is 5.16. The van der Waals surface area contributed by atoms with Gasteiger partial charge in [-0.05, 0) is 40.2 Å². The number of anilines is 4. The summed E-state index contributed by atoms with van der Waals surface area (Å²) < 4.78 is 43.4. The van der Waals surface area contributed by atoms with Gasteiger partial charge in [0.05, 0.1) is 16.4 Å². The van der Waals surface area contributed by atoms with Gasteiger partial charge in [-0.25, -0.2) is 13.6 Å². The number of nitrogens with zero attached hydrogens (tertiary/aromatic N) is 2. The van der Waals surface area contributed by atoms with E-state index in [-0.39, 0.29) is 22.3 Å². The van der Waals surface area contributed by atoms with Crippen molar-refractivity contribution in [1.29, 1.82) is 0 Å². The van der Waals surface area contributed by atoms with Crippen molar-refractivity contribution in [1.82, 2.24) is 8.75 Å². The number of benzene rings is 2. The number of nitrogens with one attached hydrogen (secondary N) is 2. The molecule has 0 amide bonds. The van der Waals surface area contributed by atoms with E-state index in [1.54, 1.807) is 18.2 Å². The summed E-state index contributed by atoms with van der Waals surface area (Å²) in [6, 6.07) is 9.72. The Morgan fingerprint density at radius 2 is 1.70 bits per heavy atom. The molecule has 1 atom stereocenters. The number of sulfonamides is 1. The van der Waals surface area contributed by atoms with Crippen LogP contribution in [0, 0.1) is 0 Å². The molecule has 9 nitrogen and oxygen atoms in total. The van der Waals surface area contributed by atoms with Crippen molar-refractivity contribution < 1.29 is 18.1 Å². The lowest BCUT2D eigenvalue weighted by molar-refractivity contribution is 0.461. The molecular formula is C14H11BrClN5O4S2. The third kappa shape index (κ3) is 4.31. The predicted octanol–water partition coefficient (Wildman–Crippen LogP) is 3.46. The number of aromatic nitrogens is 2. The van der Waals surface area contributed by atoms with Crippen molar-refractivity contribution >= 4 is 71.7 Å². The SMILES string of the molecule is NS(=O)(=O)c1c(Cl)ccc(Nc2n[s+]([O-])nc2Nc2ccccc2Br)c1O. The van der Waals surface area contributed by atoms with E-state index in [1.165, 1.54) is 12.1 Å². The molecule has 0 saturated heterocycles. The van der Waals surface area contributed by atoms with Gasteiger partial charge in [-0.1, -0.05) is 23.7 Å². The normalized spacial score (nSPS) is 12.1. The summed E-state index contributed by atoms with van der Waals surface area (Å²) in [6.07, 6.45) is 0. The number of hydrogen-bond acceptors (Lipinski definition) is 8. The van der Waals surface area contributed by atoms with E-state index in [1.807, 2.05) is 6.07 Å². The number of nitrogens with two attached hydrogens (primary N) is 1. The maximum atomic E-state index is 11.7. The first-order chi connectivity index (χ1) is 12.7. The highest BCUT2D eigenvalue weighted by atomic mass is 79.9. The molecule has 1 heterocycles. The molecular weight excluding hydrogens is 482 g/mol. The lowest BCUT2D eigenvalue weighted by atomic mass is 10.3. The summed E-state index contributed by atoms with van der Waals surface area (Å²) in [6.45, 7) is 0. The van der Waals surface area contributed by atoms with Crippen LogP contribution in [0.15, 0.2) is 45.8 Å². The molecule has 2 aromatic carbocycles. The number of halogens is 2. The van der Waals surface area contributed by atoms with E-state index >= 15 is 0 Å². The third-order valence-electron chi connectivity index (χ3n) is 3.31. The van der Waals surface area contributed by atoms with Crippen LogP contribution in [0.1, 0.15) is 0 Å². The van der Waals surface area contributed by atoms with Gasteiger partial charge < -0.3 is 20.3 Å². The largest absolute Gasteiger partial charge is 0.546 e. The standard InChI is InChI=1S/C14H11BrClN5O4S2/c15-7-3-1-2-4-9(7)18-13-14(21-26(23)20-13)19-10-6-5-8(16)12(11(10)22)27(17,24)25/h1-6,22H,(H,18,20)(H,19,21)(H2,17,24,25). The van der Waals surface area contributed by atoms with Crippen molar-refractivity contribution in [2.75, 3.05) is 10.6 Å². The molecule has 1 unspecified atom stereocenters. The molecule has 0 aliphatic rings. The molecule has 0 aliphatic carbocycles. The summed E-state index contributed by atoms with van der Waals surface area (Å²) >= 11 is 7.29. The summed E-state index contributed by atoms with van der Waals surface area (Å²) in [7, 11) is -4.27. The van der Waals surface area contributed by atoms with Crippen LogP contribution in [-0.4, -0.2) is 26.8 Å². The van der Waals surface area contributed by atoms with E-state index < -0.39 is 31.8 Å². The van der Waals surface area contributed by atoms with E-state index in [4.69, 9.17) is 16.7 Å². The molecule has 142 valence electrons. The number of primary sulfonamides is 1. The van der Waals surface area contributed by atoms with Gasteiger partial charge in [0.15, 0.2) is 16.9 Å². The number of phenols is 1. The highest BCUT2D eigenvalue weighted by molar-refractivity contribution is 9.10. The van der Waals surface area contributed by atoms with Crippen LogP contribution in [0.25, 0.3) is 0 Å². The highest BCUT2D eigenvalue weighted by Gasteiger charge is 2.24. The van der Waals surface area contributed by atoms with E-state index in [0.717, 1.165) is 4.47 Å². The molecule has 0 fully saturated rings. The Morgan fingerprint density at radius 1 is 1.11 bits per heavy atom. The van der Waals surface area contributed by atoms with Crippen molar-refractivity contribution in [2.45, 2.75) is 4.90 Å². The minimum atomic E-state index is -4.27. The number of rotatable bonds is 5. The van der Waals surface area contributed by atoms with Crippen molar-refractivity contribution in [2.24, 2.45) is 5.14 Å². The Balaban J connectivity index is 1.99. The maximum absolute atomic E-state index is 11.7. The number of phenolic OH excluding ortho intramolecular Hbond substituents is 1. The Kier molecular flexibility index (Phi) is 5.55. The van der Waals surface area contributed by atoms with E-state index in [0.29, 0.717) is 5.69 Å². The zero-order chi connectivity index (χ0) is 19.8. The fraction of sp³-hybridized carbons (Fsp3) is 0. The van der Waals surface area contributed by atoms with E-state index in [9.17, 15) is 18.1 Å². The van der Waals surface area contributed by atoms with Crippen LogP contribution in [0.5, 0.6) is 5.75 Å². The first kappa shape index (κ1) is 19.8. The van der Waals surface area contributed by atoms with Gasteiger partial charge in [0.25, 0.3) is 0 Å². The molecule has 3 rings (SSSR count). The highest BCUT2D eigenvalue weighted by Crippen LogP contribution is 2.39. The van der Waals surface area contributed by atoms with Gasteiger partial charge in [-0.2, -0.15) is 0 Å². The fourth-order valence-corrected chi connectivity index (χ4v) is 4.36. The summed E-state index contributed by atoms with van der Waals surface area (Å²) in [5.74, 6) is -0.528. The second-order valence-corrected chi connectivity index (χ2v) is 8.74. The molecule has 13 heteroatoms. The smallest absolute Gasteiger partial charge is 0.243 e. The molecule has 0 bridgehead atoms. The van der Waals surface area contributed by atoms with Crippen molar-refractivity contribution in [3.8, 4) is 5.75 Å². The van der Waals surface area contributed by atoms with Gasteiger partial charge in [0.2, 0.25) is 21.7 Å². The van der Waals surface area contributed by atoms with Crippen molar-refractivity contribution in [3.63, 3.8) is 0 Å². The van der Waals surface area contributed by atoms with Crippen molar-refractivity contribution in [3.05, 3.63) is 45.9 Å². The van der Waals surface area contributed by atoms with Gasteiger partial charge >= 0.3 is 0 Å². The van der Waals surface area contributed by atoms with Crippen LogP contribution < -0.4 is 15.8 Å². The molecule has 0 aliphatic heterocycles. The van der Waals surface area contributed by atoms with Gasteiger partial charge in [-0.15, -0.1) is 0 Å². The fourth-order valence-electron chi connectivity index (χ4n) is 2.16. The predicted molar refractivity (Wildman–Crippen MR) is 106 cm³/mol. The first-order valence-corrected chi connectivity index (χ1v) is 10.9. The Bertz CT molecular complexity index is 1120. The lowest BCUT2D eigenvalue weighted by Crippen LogP contribution is -2.13. The number of hydrogen-bond donors (Lipinski definition) is 4. The van der Waals surface area contributed by atoms with Crippen LogP contribution in [0.4, 0.5) is 23.0 Å². The molecule has 5 N–H and O–H groups in total. The summed E-state index contributed by atoms with van der Waals surface area (Å²) in [5, 5.41) is 20.7. The average Bonchev–Trinajstić information content (AvgIpc) is 2.90. The Morgan fingerprint density at radius 3 is 2.30 bits per heavy atom. The minimum absolute atomic E-state index is 0.0297. The molecule has 0 radical (unpaired) electrons. The molecule has 3 aromatic rings. The number of para-hydroxylation sites is 1. The molecule has 0 saturated carbocycles. The Labute approximate surface area is 170 Å². The lowest BCUT2D eigenvalue weighted by Gasteiger charge is -2.11. The molecule has 0 spiro atoms. The zero-order valence-electron chi connectivity index (χ0n) is 13.2. The quantitative estimate of drug-likeness (QED) is 0.312. The van der Waals surface area contributed by atoms with Crippen LogP contribution in [-0.2, 0) is 10.0 Å². The third-order valence-corrected chi connectivity index (χ3v) is 6.09. The second kappa shape index (κ2) is 7.58. The summed E-state index contributed by atoms with van der Waals surface area (Å²) in [5.41, 5.74) is 0.581. The number of aromatic hydroxyl groups is 1. The monoisotopic (exact) mass is 491 g/mol. The van der Waals surface area contributed by atoms with Gasteiger partial charge in [0, 0.05) is 13.2 Å². The summed E-state index contributed by atoms with van der Waals surface area (Å²) in [4.78, 5) is -0.633. The van der Waals surface area contributed by atoms with Crippen LogP contribution in [0.2, 0.25) is 5.02 Å². The Hall–Kier alpha value is -1.96. The van der Waals surface area contributed by atoms with Crippen LogP contribution in [0.3, 0.4) is 0 Å². The van der Waals surface area contributed by atoms with E-state index in [2.05, 4.69) is 35.3 Å². The van der Waals surface area contributed by atoms with Gasteiger partial charge in [-0.3, -0.25) is 0 Å². The topological polar surface area (TPSA) is 153 Å². The average molecular weight is 493 g/mol.